The summed E-state index contributed by atoms with van der Waals surface area (Å²) in [6.45, 7) is 2.26. The van der Waals surface area contributed by atoms with Crippen LogP contribution >= 0.6 is 11.3 Å². The summed E-state index contributed by atoms with van der Waals surface area (Å²) in [6.07, 6.45) is 0. The van der Waals surface area contributed by atoms with Crippen molar-refractivity contribution in [2.45, 2.75) is 13.5 Å². The number of nitrogens with one attached hydrogen (secondary N) is 1. The highest BCUT2D eigenvalue weighted by Crippen LogP contribution is 2.20. The predicted octanol–water partition coefficient (Wildman–Crippen LogP) is 1.95. The van der Waals surface area contributed by atoms with E-state index in [0.29, 0.717) is 22.7 Å². The number of carbonyl (C=O) groups is 2. The molecule has 1 heterocycles. The van der Waals surface area contributed by atoms with E-state index in [1.165, 1.54) is 11.3 Å². The average molecular weight is 346 g/mol. The molecule has 1 amide bonds. The second-order valence-electron chi connectivity index (χ2n) is 4.77. The van der Waals surface area contributed by atoms with E-state index in [4.69, 9.17) is 16.2 Å². The molecule has 0 atom stereocenters. The molecule has 0 fully saturated rings. The van der Waals surface area contributed by atoms with Crippen LogP contribution in [0.3, 0.4) is 0 Å². The zero-order valence-electron chi connectivity index (χ0n) is 13.1. The van der Waals surface area contributed by atoms with Gasteiger partial charge in [0.1, 0.15) is 0 Å². The van der Waals surface area contributed by atoms with E-state index >= 15 is 0 Å². The fourth-order valence-electron chi connectivity index (χ4n) is 1.96. The second kappa shape index (κ2) is 8.11. The van der Waals surface area contributed by atoms with E-state index in [2.05, 4.69) is 10.3 Å². The normalized spacial score (nSPS) is 10.0. The smallest absolute Gasteiger partial charge is 0.338 e. The Kier molecular flexibility index (Phi) is 5.91. The van der Waals surface area contributed by atoms with Crippen molar-refractivity contribution in [2.75, 3.05) is 11.9 Å². The number of amides is 1. The van der Waals surface area contributed by atoms with E-state index in [9.17, 15) is 9.59 Å². The zero-order valence-corrected chi connectivity index (χ0v) is 13.9. The summed E-state index contributed by atoms with van der Waals surface area (Å²) in [6, 6.07) is 8.36. The van der Waals surface area contributed by atoms with Gasteiger partial charge in [0.2, 0.25) is 0 Å². The third kappa shape index (κ3) is 4.56. The molecule has 0 unspecified atom stereocenters. The number of hydrogen-bond acceptors (Lipinski definition) is 5. The molecule has 7 nitrogen and oxygen atoms in total. The number of ether oxygens (including phenoxy) is 1. The zero-order chi connectivity index (χ0) is 17.5. The number of thiophene rings is 1. The Morgan fingerprint density at radius 1 is 1.29 bits per heavy atom. The van der Waals surface area contributed by atoms with Crippen molar-refractivity contribution in [3.05, 3.63) is 51.7 Å². The summed E-state index contributed by atoms with van der Waals surface area (Å²) in [5.74, 6) is -0.750. The lowest BCUT2D eigenvalue weighted by Gasteiger charge is -2.07. The van der Waals surface area contributed by atoms with Crippen molar-refractivity contribution in [1.82, 2.24) is 0 Å². The lowest BCUT2D eigenvalue weighted by molar-refractivity contribution is 0.0526. The minimum atomic E-state index is -0.432. The summed E-state index contributed by atoms with van der Waals surface area (Å²) < 4.78 is 4.95. The number of nitrogens with two attached hydrogens (primary N) is 2. The largest absolute Gasteiger partial charge is 0.462 e. The fourth-order valence-corrected chi connectivity index (χ4v) is 2.77. The number of benzene rings is 1. The highest BCUT2D eigenvalue weighted by molar-refractivity contribution is 7.12. The number of anilines is 1. The maximum Gasteiger partial charge on any atom is 0.338 e. The molecule has 24 heavy (non-hydrogen) atoms. The average Bonchev–Trinajstić information content (AvgIpc) is 3.02. The molecule has 8 heteroatoms. The highest BCUT2D eigenvalue weighted by Gasteiger charge is 2.14. The van der Waals surface area contributed by atoms with Crippen molar-refractivity contribution in [3.8, 4) is 0 Å². The summed E-state index contributed by atoms with van der Waals surface area (Å²) in [5, 5.41) is 4.56. The van der Waals surface area contributed by atoms with Crippen LogP contribution in [0.1, 0.15) is 32.5 Å². The van der Waals surface area contributed by atoms with Gasteiger partial charge in [0.25, 0.3) is 5.91 Å². The Balaban J connectivity index is 2.13. The Bertz CT molecular complexity index is 766. The van der Waals surface area contributed by atoms with Crippen molar-refractivity contribution < 1.29 is 14.3 Å². The van der Waals surface area contributed by atoms with Gasteiger partial charge < -0.3 is 21.5 Å². The highest BCUT2D eigenvalue weighted by atomic mass is 32.1. The Labute approximate surface area is 143 Å². The van der Waals surface area contributed by atoms with Crippen LogP contribution < -0.4 is 16.8 Å². The minimum Gasteiger partial charge on any atom is -0.462 e. The summed E-state index contributed by atoms with van der Waals surface area (Å²) in [7, 11) is 0. The van der Waals surface area contributed by atoms with Gasteiger partial charge in [0.05, 0.1) is 23.6 Å². The van der Waals surface area contributed by atoms with Crippen molar-refractivity contribution in [3.63, 3.8) is 0 Å². The molecular weight excluding hydrogens is 328 g/mol. The molecule has 5 N–H and O–H groups in total. The minimum absolute atomic E-state index is 0.0327. The number of aliphatic imine (C=N–C) groups is 1. The van der Waals surface area contributed by atoms with Crippen LogP contribution in [0.4, 0.5) is 5.69 Å². The summed E-state index contributed by atoms with van der Waals surface area (Å²) in [5.41, 5.74) is 12.2. The summed E-state index contributed by atoms with van der Waals surface area (Å²) >= 11 is 1.29. The van der Waals surface area contributed by atoms with E-state index in [0.717, 1.165) is 5.56 Å². The molecule has 0 saturated heterocycles. The fraction of sp³-hybridized carbons (Fsp3) is 0.188. The lowest BCUT2D eigenvalue weighted by Crippen LogP contribution is -2.22. The molecule has 0 saturated carbocycles. The van der Waals surface area contributed by atoms with Crippen LogP contribution in [0.25, 0.3) is 0 Å². The topological polar surface area (TPSA) is 120 Å². The Morgan fingerprint density at radius 2 is 2.08 bits per heavy atom. The first-order valence-electron chi connectivity index (χ1n) is 7.21. The lowest BCUT2D eigenvalue weighted by atomic mass is 10.2. The molecule has 126 valence electrons. The summed E-state index contributed by atoms with van der Waals surface area (Å²) in [4.78, 5) is 28.6. The number of carbonyl (C=O) groups excluding carboxylic acids is 2. The van der Waals surface area contributed by atoms with Crippen LogP contribution in [0.5, 0.6) is 0 Å². The van der Waals surface area contributed by atoms with E-state index in [1.807, 2.05) is 0 Å². The molecule has 1 aromatic heterocycles. The molecular formula is C16H18N4O3S. The van der Waals surface area contributed by atoms with Crippen LogP contribution in [0.15, 0.2) is 40.7 Å². The van der Waals surface area contributed by atoms with E-state index in [1.54, 1.807) is 42.6 Å². The van der Waals surface area contributed by atoms with Crippen LogP contribution in [0.2, 0.25) is 0 Å². The monoisotopic (exact) mass is 346 g/mol. The van der Waals surface area contributed by atoms with Crippen LogP contribution in [-0.4, -0.2) is 24.4 Å². The maximum atomic E-state index is 12.4. The molecule has 2 aromatic rings. The van der Waals surface area contributed by atoms with E-state index in [-0.39, 0.29) is 18.4 Å². The van der Waals surface area contributed by atoms with Gasteiger partial charge in [-0.2, -0.15) is 0 Å². The molecule has 1 aromatic carbocycles. The first-order valence-corrected chi connectivity index (χ1v) is 8.09. The van der Waals surface area contributed by atoms with Gasteiger partial charge in [-0.3, -0.25) is 4.79 Å². The number of guanidine groups is 1. The molecule has 2 rings (SSSR count). The number of nitrogens with zero attached hydrogens (tertiary/aromatic N) is 1. The van der Waals surface area contributed by atoms with Gasteiger partial charge in [-0.25, -0.2) is 9.79 Å². The Hall–Kier alpha value is -2.87. The first-order chi connectivity index (χ1) is 11.5. The quantitative estimate of drug-likeness (QED) is 0.419. The van der Waals surface area contributed by atoms with Gasteiger partial charge in [-0.1, -0.05) is 6.07 Å². The van der Waals surface area contributed by atoms with Crippen LogP contribution in [0, 0.1) is 0 Å². The third-order valence-corrected chi connectivity index (χ3v) is 3.97. The third-order valence-electron chi connectivity index (χ3n) is 3.02. The van der Waals surface area contributed by atoms with Gasteiger partial charge in [0, 0.05) is 5.69 Å². The van der Waals surface area contributed by atoms with E-state index < -0.39 is 5.97 Å². The van der Waals surface area contributed by atoms with Crippen LogP contribution in [-0.2, 0) is 11.3 Å². The SMILES string of the molecule is CCOC(=O)c1cccc(NC(=O)c2sccc2CN=C(N)N)c1. The molecule has 0 aliphatic carbocycles. The molecule has 0 aliphatic heterocycles. The molecule has 0 bridgehead atoms. The maximum absolute atomic E-state index is 12.4. The number of rotatable bonds is 6. The molecule has 0 aliphatic rings. The van der Waals surface area contributed by atoms with Crippen molar-refractivity contribution in [2.24, 2.45) is 16.5 Å². The number of hydrogen-bond donors (Lipinski definition) is 3. The predicted molar refractivity (Wildman–Crippen MR) is 94.2 cm³/mol. The number of esters is 1. The first kappa shape index (κ1) is 17.5. The van der Waals surface area contributed by atoms with Crippen molar-refractivity contribution >= 4 is 34.9 Å². The van der Waals surface area contributed by atoms with Gasteiger partial charge in [0.15, 0.2) is 5.96 Å². The standard InChI is InChI=1S/C16H18N4O3S/c1-2-23-15(22)10-4-3-5-12(8-10)20-14(21)13-11(6-7-24-13)9-19-16(17)18/h3-8H,2,9H2,1H3,(H,20,21)(H4,17,18,19). The molecule has 0 spiro atoms. The van der Waals surface area contributed by atoms with Gasteiger partial charge in [-0.15, -0.1) is 11.3 Å². The second-order valence-corrected chi connectivity index (χ2v) is 5.69. The van der Waals surface area contributed by atoms with Gasteiger partial charge in [-0.05, 0) is 42.1 Å². The Morgan fingerprint density at radius 3 is 2.79 bits per heavy atom. The van der Waals surface area contributed by atoms with Crippen molar-refractivity contribution in [1.29, 1.82) is 0 Å². The van der Waals surface area contributed by atoms with Gasteiger partial charge >= 0.3 is 5.97 Å². The molecule has 0 radical (unpaired) electrons.